The van der Waals surface area contributed by atoms with E-state index in [0.717, 1.165) is 11.4 Å². The van der Waals surface area contributed by atoms with Crippen LogP contribution in [-0.4, -0.2) is 31.1 Å². The van der Waals surface area contributed by atoms with Gasteiger partial charge in [-0.05, 0) is 37.6 Å². The summed E-state index contributed by atoms with van der Waals surface area (Å²) in [7, 11) is 0. The third-order valence-corrected chi connectivity index (χ3v) is 3.15. The normalized spacial score (nSPS) is 15.9. The van der Waals surface area contributed by atoms with Crippen LogP contribution in [0.15, 0.2) is 24.3 Å². The van der Waals surface area contributed by atoms with E-state index >= 15 is 0 Å². The number of benzene rings is 1. The molecule has 1 aliphatic rings. The lowest BCUT2D eigenvalue weighted by molar-refractivity contribution is -0.116. The predicted molar refractivity (Wildman–Crippen MR) is 78.7 cm³/mol. The lowest BCUT2D eigenvalue weighted by Gasteiger charge is -2.14. The zero-order valence-corrected chi connectivity index (χ0v) is 11.6. The molecule has 0 spiro atoms. The Morgan fingerprint density at radius 1 is 1.45 bits per heavy atom. The molecule has 1 aromatic carbocycles. The first-order chi connectivity index (χ1) is 9.56. The molecule has 1 fully saturated rings. The molecule has 6 nitrogen and oxygen atoms in total. The zero-order chi connectivity index (χ0) is 14.5. The topological polar surface area (TPSA) is 87.5 Å². The van der Waals surface area contributed by atoms with Crippen LogP contribution < -0.4 is 21.3 Å². The number of nitrogens with one attached hydrogen (secondary N) is 2. The molecule has 20 heavy (non-hydrogen) atoms. The Bertz CT molecular complexity index is 484. The molecule has 2 rings (SSSR count). The molecule has 0 radical (unpaired) electrons. The van der Waals surface area contributed by atoms with Crippen LogP contribution in [0.3, 0.4) is 0 Å². The van der Waals surface area contributed by atoms with E-state index in [1.165, 1.54) is 0 Å². The number of carbonyl (C=O) groups excluding carboxylic acids is 2. The molecular weight excluding hydrogens is 256 g/mol. The van der Waals surface area contributed by atoms with Gasteiger partial charge in [-0.2, -0.15) is 0 Å². The fourth-order valence-electron chi connectivity index (χ4n) is 2.02. The van der Waals surface area contributed by atoms with Crippen molar-refractivity contribution >= 4 is 23.3 Å². The van der Waals surface area contributed by atoms with Crippen LogP contribution in [0.25, 0.3) is 0 Å². The van der Waals surface area contributed by atoms with Gasteiger partial charge in [-0.25, -0.2) is 4.79 Å². The van der Waals surface area contributed by atoms with Gasteiger partial charge >= 0.3 is 6.03 Å². The molecule has 0 bridgehead atoms. The van der Waals surface area contributed by atoms with Crippen LogP contribution in [0.5, 0.6) is 0 Å². The summed E-state index contributed by atoms with van der Waals surface area (Å²) >= 11 is 0. The monoisotopic (exact) mass is 276 g/mol. The van der Waals surface area contributed by atoms with Gasteiger partial charge in [-0.15, -0.1) is 0 Å². The molecule has 1 saturated heterocycles. The number of hydrogen-bond acceptors (Lipinski definition) is 3. The Morgan fingerprint density at radius 2 is 2.15 bits per heavy atom. The van der Waals surface area contributed by atoms with E-state index in [2.05, 4.69) is 10.6 Å². The number of anilines is 2. The van der Waals surface area contributed by atoms with Gasteiger partial charge in [0.25, 0.3) is 0 Å². The first-order valence-corrected chi connectivity index (χ1v) is 6.77. The Labute approximate surface area is 118 Å². The zero-order valence-electron chi connectivity index (χ0n) is 11.6. The molecule has 0 saturated carbocycles. The number of urea groups is 1. The maximum absolute atomic E-state index is 11.7. The standard InChI is InChI=1S/C14H20N4O2/c1-10(15)2-7-13(19)17-11-3-5-12(6-4-11)18-9-8-16-14(18)20/h3-6,10H,2,7-9,15H2,1H3,(H,16,20)(H,17,19). The molecular formula is C14H20N4O2. The van der Waals surface area contributed by atoms with Gasteiger partial charge in [0.1, 0.15) is 0 Å². The molecule has 1 aromatic rings. The van der Waals surface area contributed by atoms with Crippen molar-refractivity contribution in [3.05, 3.63) is 24.3 Å². The minimum atomic E-state index is -0.0845. The van der Waals surface area contributed by atoms with E-state index < -0.39 is 0 Å². The lowest BCUT2D eigenvalue weighted by atomic mass is 10.2. The van der Waals surface area contributed by atoms with Gasteiger partial charge in [-0.3, -0.25) is 9.69 Å². The Balaban J connectivity index is 1.91. The molecule has 3 amide bonds. The average Bonchev–Trinajstić information content (AvgIpc) is 2.84. The van der Waals surface area contributed by atoms with E-state index in [1.807, 2.05) is 19.1 Å². The van der Waals surface area contributed by atoms with Crippen LogP contribution in [0, 0.1) is 0 Å². The summed E-state index contributed by atoms with van der Waals surface area (Å²) in [6.45, 7) is 3.21. The van der Waals surface area contributed by atoms with Gasteiger partial charge in [0.2, 0.25) is 5.91 Å². The smallest absolute Gasteiger partial charge is 0.321 e. The molecule has 1 unspecified atom stereocenters. The van der Waals surface area contributed by atoms with Crippen molar-refractivity contribution in [1.82, 2.24) is 5.32 Å². The molecule has 4 N–H and O–H groups in total. The number of nitrogens with zero attached hydrogens (tertiary/aromatic N) is 1. The first-order valence-electron chi connectivity index (χ1n) is 6.77. The SMILES string of the molecule is CC(N)CCC(=O)Nc1ccc(N2CCNC2=O)cc1. The van der Waals surface area contributed by atoms with Crippen LogP contribution >= 0.6 is 0 Å². The summed E-state index contributed by atoms with van der Waals surface area (Å²) < 4.78 is 0. The molecule has 6 heteroatoms. The van der Waals surface area contributed by atoms with Gasteiger partial charge in [-0.1, -0.05) is 0 Å². The van der Waals surface area contributed by atoms with E-state index in [4.69, 9.17) is 5.73 Å². The number of nitrogens with two attached hydrogens (primary N) is 1. The molecule has 0 aromatic heterocycles. The van der Waals surface area contributed by atoms with Crippen LogP contribution in [0.1, 0.15) is 19.8 Å². The molecule has 108 valence electrons. The van der Waals surface area contributed by atoms with E-state index in [0.29, 0.717) is 25.9 Å². The Morgan fingerprint density at radius 3 is 2.70 bits per heavy atom. The van der Waals surface area contributed by atoms with E-state index in [-0.39, 0.29) is 18.0 Å². The van der Waals surface area contributed by atoms with Crippen LogP contribution in [0.4, 0.5) is 16.2 Å². The summed E-state index contributed by atoms with van der Waals surface area (Å²) in [4.78, 5) is 24.9. The largest absolute Gasteiger partial charge is 0.336 e. The summed E-state index contributed by atoms with van der Waals surface area (Å²) in [5.74, 6) is -0.0473. The Kier molecular flexibility index (Phi) is 4.57. The summed E-state index contributed by atoms with van der Waals surface area (Å²) in [5.41, 5.74) is 7.17. The van der Waals surface area contributed by atoms with Crippen molar-refractivity contribution in [1.29, 1.82) is 0 Å². The van der Waals surface area contributed by atoms with Gasteiger partial charge in [0, 0.05) is 36.9 Å². The fourth-order valence-corrected chi connectivity index (χ4v) is 2.02. The lowest BCUT2D eigenvalue weighted by Crippen LogP contribution is -2.27. The quantitative estimate of drug-likeness (QED) is 0.757. The van der Waals surface area contributed by atoms with Crippen molar-refractivity contribution in [2.45, 2.75) is 25.8 Å². The minimum Gasteiger partial charge on any atom is -0.336 e. The highest BCUT2D eigenvalue weighted by atomic mass is 16.2. The number of amides is 3. The van der Waals surface area contributed by atoms with Gasteiger partial charge in [0.05, 0.1) is 0 Å². The molecule has 1 aliphatic heterocycles. The van der Waals surface area contributed by atoms with Crippen LogP contribution in [0.2, 0.25) is 0 Å². The van der Waals surface area contributed by atoms with Crippen molar-refractivity contribution in [2.24, 2.45) is 5.73 Å². The molecule has 1 atom stereocenters. The molecule has 0 aliphatic carbocycles. The van der Waals surface area contributed by atoms with Gasteiger partial charge in [0.15, 0.2) is 0 Å². The van der Waals surface area contributed by atoms with Crippen molar-refractivity contribution in [2.75, 3.05) is 23.3 Å². The van der Waals surface area contributed by atoms with Crippen molar-refractivity contribution in [3.8, 4) is 0 Å². The summed E-state index contributed by atoms with van der Waals surface area (Å²) in [6, 6.07) is 7.18. The second-order valence-corrected chi connectivity index (χ2v) is 4.99. The fraction of sp³-hybridized carbons (Fsp3) is 0.429. The second kappa shape index (κ2) is 6.38. The number of hydrogen-bond donors (Lipinski definition) is 3. The maximum Gasteiger partial charge on any atom is 0.321 e. The minimum absolute atomic E-state index is 0.0248. The first kappa shape index (κ1) is 14.3. The molecule has 1 heterocycles. The van der Waals surface area contributed by atoms with E-state index in [1.54, 1.807) is 17.0 Å². The predicted octanol–water partition coefficient (Wildman–Crippen LogP) is 1.28. The maximum atomic E-state index is 11.7. The third-order valence-electron chi connectivity index (χ3n) is 3.15. The number of rotatable bonds is 5. The highest BCUT2D eigenvalue weighted by Crippen LogP contribution is 2.19. The highest BCUT2D eigenvalue weighted by molar-refractivity contribution is 5.95. The Hall–Kier alpha value is -2.08. The third kappa shape index (κ3) is 3.71. The van der Waals surface area contributed by atoms with Gasteiger partial charge < -0.3 is 16.4 Å². The summed E-state index contributed by atoms with van der Waals surface area (Å²) in [5, 5.41) is 5.56. The van der Waals surface area contributed by atoms with Crippen molar-refractivity contribution in [3.63, 3.8) is 0 Å². The highest BCUT2D eigenvalue weighted by Gasteiger charge is 2.20. The van der Waals surface area contributed by atoms with E-state index in [9.17, 15) is 9.59 Å². The van der Waals surface area contributed by atoms with Crippen molar-refractivity contribution < 1.29 is 9.59 Å². The second-order valence-electron chi connectivity index (χ2n) is 4.99. The average molecular weight is 276 g/mol. The summed E-state index contributed by atoms with van der Waals surface area (Å²) in [6.07, 6.45) is 1.08. The number of carbonyl (C=O) groups is 2. The van der Waals surface area contributed by atoms with Crippen LogP contribution in [-0.2, 0) is 4.79 Å².